The maximum absolute atomic E-state index is 12.3. The Balaban J connectivity index is 1.65. The van der Waals surface area contributed by atoms with E-state index in [0.29, 0.717) is 13.1 Å². The summed E-state index contributed by atoms with van der Waals surface area (Å²) in [5.74, 6) is 0.635. The van der Waals surface area contributed by atoms with Crippen molar-refractivity contribution >= 4 is 27.7 Å². The van der Waals surface area contributed by atoms with Crippen LogP contribution in [0.3, 0.4) is 0 Å². The standard InChI is InChI=1S/C18H18BrN5O2/c1-26-15-7-5-12(6-8-15)10-21-18(25)16-17(20)24(23-22-16)11-13-3-2-4-14(19)9-13/h2-9H,10-11,20H2,1H3,(H,21,25). The Kier molecular flexibility index (Phi) is 5.52. The summed E-state index contributed by atoms with van der Waals surface area (Å²) >= 11 is 3.43. The third kappa shape index (κ3) is 4.20. The molecular weight excluding hydrogens is 398 g/mol. The first-order valence-corrected chi connectivity index (χ1v) is 8.70. The lowest BCUT2D eigenvalue weighted by Crippen LogP contribution is -2.24. The second kappa shape index (κ2) is 8.01. The van der Waals surface area contributed by atoms with Crippen molar-refractivity contribution in [3.63, 3.8) is 0 Å². The van der Waals surface area contributed by atoms with Gasteiger partial charge in [-0.25, -0.2) is 4.68 Å². The number of halogens is 1. The lowest BCUT2D eigenvalue weighted by atomic mass is 10.2. The van der Waals surface area contributed by atoms with E-state index >= 15 is 0 Å². The molecule has 26 heavy (non-hydrogen) atoms. The number of benzene rings is 2. The number of methoxy groups -OCH3 is 1. The van der Waals surface area contributed by atoms with Gasteiger partial charge in [-0.15, -0.1) is 5.10 Å². The first-order valence-electron chi connectivity index (χ1n) is 7.91. The number of rotatable bonds is 6. The van der Waals surface area contributed by atoms with Crippen molar-refractivity contribution in [3.05, 3.63) is 69.8 Å². The van der Waals surface area contributed by atoms with Crippen LogP contribution in [0.5, 0.6) is 5.75 Å². The molecule has 0 unspecified atom stereocenters. The Morgan fingerprint density at radius 3 is 2.69 bits per heavy atom. The number of anilines is 1. The number of hydrogen-bond donors (Lipinski definition) is 2. The van der Waals surface area contributed by atoms with Crippen LogP contribution in [0.4, 0.5) is 5.82 Å². The van der Waals surface area contributed by atoms with E-state index in [1.165, 1.54) is 4.68 Å². The Labute approximate surface area is 159 Å². The molecule has 0 saturated heterocycles. The van der Waals surface area contributed by atoms with Crippen LogP contribution in [0.2, 0.25) is 0 Å². The molecule has 0 aliphatic rings. The van der Waals surface area contributed by atoms with Gasteiger partial charge in [0.15, 0.2) is 11.5 Å². The van der Waals surface area contributed by atoms with Gasteiger partial charge >= 0.3 is 0 Å². The minimum absolute atomic E-state index is 0.119. The van der Waals surface area contributed by atoms with Gasteiger partial charge < -0.3 is 15.8 Å². The Hall–Kier alpha value is -2.87. The van der Waals surface area contributed by atoms with Crippen LogP contribution < -0.4 is 15.8 Å². The zero-order chi connectivity index (χ0) is 18.5. The van der Waals surface area contributed by atoms with Gasteiger partial charge in [0.05, 0.1) is 13.7 Å². The van der Waals surface area contributed by atoms with Crippen LogP contribution in [0.1, 0.15) is 21.6 Å². The van der Waals surface area contributed by atoms with Gasteiger partial charge in [-0.3, -0.25) is 4.79 Å². The number of nitrogens with one attached hydrogen (secondary N) is 1. The van der Waals surface area contributed by atoms with Crippen LogP contribution in [-0.2, 0) is 13.1 Å². The highest BCUT2D eigenvalue weighted by Gasteiger charge is 2.17. The van der Waals surface area contributed by atoms with Crippen molar-refractivity contribution in [2.24, 2.45) is 0 Å². The molecule has 0 aliphatic carbocycles. The number of carbonyl (C=O) groups is 1. The van der Waals surface area contributed by atoms with Crippen molar-refractivity contribution < 1.29 is 9.53 Å². The van der Waals surface area contributed by atoms with Gasteiger partial charge in [-0.2, -0.15) is 0 Å². The predicted molar refractivity (Wildman–Crippen MR) is 102 cm³/mol. The molecule has 3 aromatic rings. The highest BCUT2D eigenvalue weighted by atomic mass is 79.9. The average molecular weight is 416 g/mol. The van der Waals surface area contributed by atoms with E-state index in [2.05, 4.69) is 31.6 Å². The topological polar surface area (TPSA) is 95.1 Å². The summed E-state index contributed by atoms with van der Waals surface area (Å²) in [5.41, 5.74) is 8.11. The van der Waals surface area contributed by atoms with E-state index in [0.717, 1.165) is 21.3 Å². The first kappa shape index (κ1) is 17.9. The zero-order valence-electron chi connectivity index (χ0n) is 14.1. The third-order valence-corrected chi connectivity index (χ3v) is 4.32. The third-order valence-electron chi connectivity index (χ3n) is 3.82. The van der Waals surface area contributed by atoms with Crippen molar-refractivity contribution in [2.45, 2.75) is 13.1 Å². The molecule has 1 heterocycles. The Bertz CT molecular complexity index is 908. The molecule has 0 spiro atoms. The SMILES string of the molecule is COc1ccc(CNC(=O)c2nnn(Cc3cccc(Br)c3)c2N)cc1. The van der Waals surface area contributed by atoms with Crippen molar-refractivity contribution in [1.82, 2.24) is 20.3 Å². The molecule has 3 N–H and O–H groups in total. The fourth-order valence-corrected chi connectivity index (χ4v) is 2.86. The molecule has 1 aromatic heterocycles. The maximum Gasteiger partial charge on any atom is 0.275 e. The second-order valence-electron chi connectivity index (χ2n) is 5.64. The van der Waals surface area contributed by atoms with Crippen molar-refractivity contribution in [1.29, 1.82) is 0 Å². The number of amides is 1. The van der Waals surface area contributed by atoms with E-state index in [-0.39, 0.29) is 17.4 Å². The summed E-state index contributed by atoms with van der Waals surface area (Å²) < 4.78 is 7.58. The molecule has 134 valence electrons. The van der Waals surface area contributed by atoms with Crippen LogP contribution in [0.25, 0.3) is 0 Å². The number of carbonyl (C=O) groups excluding carboxylic acids is 1. The maximum atomic E-state index is 12.3. The molecule has 0 atom stereocenters. The lowest BCUT2D eigenvalue weighted by molar-refractivity contribution is 0.0946. The molecule has 0 bridgehead atoms. The fourth-order valence-electron chi connectivity index (χ4n) is 2.42. The van der Waals surface area contributed by atoms with E-state index in [9.17, 15) is 4.79 Å². The van der Waals surface area contributed by atoms with Gasteiger partial charge in [0.2, 0.25) is 0 Å². The van der Waals surface area contributed by atoms with Crippen molar-refractivity contribution in [2.75, 3.05) is 12.8 Å². The number of aromatic nitrogens is 3. The number of nitrogens with two attached hydrogens (primary N) is 1. The molecule has 0 saturated carbocycles. The van der Waals surface area contributed by atoms with Crippen LogP contribution in [0.15, 0.2) is 53.0 Å². The van der Waals surface area contributed by atoms with Gasteiger partial charge in [-0.1, -0.05) is 45.4 Å². The average Bonchev–Trinajstić information content (AvgIpc) is 3.01. The van der Waals surface area contributed by atoms with Crippen LogP contribution >= 0.6 is 15.9 Å². The molecule has 1 amide bonds. The molecule has 0 fully saturated rings. The molecule has 3 rings (SSSR count). The monoisotopic (exact) mass is 415 g/mol. The molecule has 0 radical (unpaired) electrons. The van der Waals surface area contributed by atoms with E-state index in [1.54, 1.807) is 7.11 Å². The molecular formula is C18H18BrN5O2. The van der Waals surface area contributed by atoms with E-state index in [1.807, 2.05) is 48.5 Å². The summed E-state index contributed by atoms with van der Waals surface area (Å²) in [6, 6.07) is 15.2. The number of hydrogen-bond acceptors (Lipinski definition) is 5. The van der Waals surface area contributed by atoms with Gasteiger partial charge in [0.25, 0.3) is 5.91 Å². The van der Waals surface area contributed by atoms with Crippen LogP contribution in [0, 0.1) is 0 Å². The Morgan fingerprint density at radius 2 is 2.00 bits per heavy atom. The summed E-state index contributed by atoms with van der Waals surface area (Å²) in [6.07, 6.45) is 0. The largest absolute Gasteiger partial charge is 0.497 e. The van der Waals surface area contributed by atoms with Gasteiger partial charge in [0.1, 0.15) is 5.75 Å². The quantitative estimate of drug-likeness (QED) is 0.644. The smallest absolute Gasteiger partial charge is 0.275 e. The van der Waals surface area contributed by atoms with E-state index in [4.69, 9.17) is 10.5 Å². The predicted octanol–water partition coefficient (Wildman–Crippen LogP) is 2.61. The molecule has 0 aliphatic heterocycles. The molecule has 8 heteroatoms. The fraction of sp³-hybridized carbons (Fsp3) is 0.167. The van der Waals surface area contributed by atoms with Gasteiger partial charge in [-0.05, 0) is 35.4 Å². The van der Waals surface area contributed by atoms with Crippen LogP contribution in [-0.4, -0.2) is 28.0 Å². The van der Waals surface area contributed by atoms with E-state index < -0.39 is 0 Å². The summed E-state index contributed by atoms with van der Waals surface area (Å²) in [6.45, 7) is 0.796. The number of nitrogen functional groups attached to an aromatic ring is 1. The summed E-state index contributed by atoms with van der Waals surface area (Å²) in [4.78, 5) is 12.3. The summed E-state index contributed by atoms with van der Waals surface area (Å²) in [5, 5.41) is 10.7. The highest BCUT2D eigenvalue weighted by molar-refractivity contribution is 9.10. The van der Waals surface area contributed by atoms with Gasteiger partial charge in [0, 0.05) is 11.0 Å². The molecule has 2 aromatic carbocycles. The highest BCUT2D eigenvalue weighted by Crippen LogP contribution is 2.15. The summed E-state index contributed by atoms with van der Waals surface area (Å²) in [7, 11) is 1.61. The minimum atomic E-state index is -0.362. The normalized spacial score (nSPS) is 10.5. The minimum Gasteiger partial charge on any atom is -0.497 e. The van der Waals surface area contributed by atoms with Crippen molar-refractivity contribution in [3.8, 4) is 5.75 Å². The molecule has 7 nitrogen and oxygen atoms in total. The second-order valence-corrected chi connectivity index (χ2v) is 6.56. The number of ether oxygens (including phenoxy) is 1. The zero-order valence-corrected chi connectivity index (χ0v) is 15.7. The number of nitrogens with zero attached hydrogens (tertiary/aromatic N) is 3. The Morgan fingerprint density at radius 1 is 1.23 bits per heavy atom. The first-order chi connectivity index (χ1) is 12.6. The lowest BCUT2D eigenvalue weighted by Gasteiger charge is -2.06.